The summed E-state index contributed by atoms with van der Waals surface area (Å²) in [6.45, 7) is 0.751. The number of hydrogen-bond acceptors (Lipinski definition) is 4. The molecule has 4 aromatic rings. The maximum atomic E-state index is 14.3. The van der Waals surface area contributed by atoms with Crippen molar-refractivity contribution in [1.29, 1.82) is 0 Å². The van der Waals surface area contributed by atoms with Gasteiger partial charge in [-0.1, -0.05) is 18.5 Å². The third-order valence-corrected chi connectivity index (χ3v) is 7.60. The first kappa shape index (κ1) is 24.6. The van der Waals surface area contributed by atoms with Gasteiger partial charge in [0.2, 0.25) is 0 Å². The summed E-state index contributed by atoms with van der Waals surface area (Å²) in [6.07, 6.45) is 9.32. The first-order valence-electron chi connectivity index (χ1n) is 11.9. The quantitative estimate of drug-likeness (QED) is 0.297. The van der Waals surface area contributed by atoms with Crippen molar-refractivity contribution in [1.82, 2.24) is 19.7 Å². The predicted octanol–water partition coefficient (Wildman–Crippen LogP) is 6.72. The molecule has 3 N–H and O–H groups in total. The summed E-state index contributed by atoms with van der Waals surface area (Å²) in [5.74, 6) is -1.42. The molecule has 3 heterocycles. The van der Waals surface area contributed by atoms with Crippen LogP contribution in [0.1, 0.15) is 61.4 Å². The lowest BCUT2D eigenvalue weighted by atomic mass is 9.91. The van der Waals surface area contributed by atoms with Gasteiger partial charge in [0.05, 0.1) is 17.3 Å². The summed E-state index contributed by atoms with van der Waals surface area (Å²) in [4.78, 5) is 7.69. The highest BCUT2D eigenvalue weighted by Crippen LogP contribution is 2.42. The highest BCUT2D eigenvalue weighted by Gasteiger charge is 2.26. The molecule has 1 saturated carbocycles. The van der Waals surface area contributed by atoms with Gasteiger partial charge in [0, 0.05) is 52.1 Å². The van der Waals surface area contributed by atoms with Crippen molar-refractivity contribution >= 4 is 22.6 Å². The third kappa shape index (κ3) is 4.46. The minimum absolute atomic E-state index is 0.155. The molecule has 190 valence electrons. The summed E-state index contributed by atoms with van der Waals surface area (Å²) in [6, 6.07) is 4.76. The fourth-order valence-electron chi connectivity index (χ4n) is 5.26. The molecule has 0 saturated heterocycles. The molecule has 36 heavy (non-hydrogen) atoms. The van der Waals surface area contributed by atoms with E-state index in [1.54, 1.807) is 19.3 Å². The Balaban J connectivity index is 1.53. The number of aromatic amines is 1. The lowest BCUT2D eigenvalue weighted by Crippen LogP contribution is -2.28. The van der Waals surface area contributed by atoms with Crippen LogP contribution >= 0.6 is 11.6 Å². The van der Waals surface area contributed by atoms with E-state index in [1.165, 1.54) is 6.07 Å². The maximum absolute atomic E-state index is 14.3. The SMILES string of the molecule is Cc1c(-c2cnc3[nH]cc([C@H](C)c4c(OC(F)F)ccc(F)c4Cl)c3c2)cnn1C1CCC(N)CC1. The molecule has 0 unspecified atom stereocenters. The van der Waals surface area contributed by atoms with Gasteiger partial charge in [-0.25, -0.2) is 9.37 Å². The van der Waals surface area contributed by atoms with Gasteiger partial charge in [0.25, 0.3) is 0 Å². The van der Waals surface area contributed by atoms with E-state index in [0.29, 0.717) is 11.7 Å². The lowest BCUT2D eigenvalue weighted by molar-refractivity contribution is -0.0505. The van der Waals surface area contributed by atoms with Crippen molar-refractivity contribution in [2.45, 2.75) is 64.1 Å². The third-order valence-electron chi connectivity index (χ3n) is 7.21. The van der Waals surface area contributed by atoms with Crippen LogP contribution in [0.3, 0.4) is 0 Å². The van der Waals surface area contributed by atoms with E-state index >= 15 is 0 Å². The Bertz CT molecular complexity index is 1390. The molecule has 0 spiro atoms. The first-order chi connectivity index (χ1) is 17.2. The molecule has 0 radical (unpaired) electrons. The van der Waals surface area contributed by atoms with E-state index in [2.05, 4.69) is 24.5 Å². The molecular formula is C26H27ClF3N5O. The Morgan fingerprint density at radius 3 is 2.67 bits per heavy atom. The fraction of sp³-hybridized carbons (Fsp3) is 0.385. The standard InChI is InChI=1S/C26H27ClF3N5O/c1-13(23-22(36-26(29)30)8-7-21(28)24(23)27)19-11-33-25-18(19)9-15(10-32-25)20-12-34-35(14(20)2)17-5-3-16(31)4-6-17/h7-13,16-17,26H,3-6,31H2,1-2H3,(H,32,33)/t13-,16?,17?/m0/s1. The molecule has 5 rings (SSSR count). The Hall–Kier alpha value is -3.04. The Morgan fingerprint density at radius 1 is 1.19 bits per heavy atom. The summed E-state index contributed by atoms with van der Waals surface area (Å²) in [7, 11) is 0. The molecular weight excluding hydrogens is 491 g/mol. The molecule has 0 amide bonds. The van der Waals surface area contributed by atoms with Gasteiger partial charge in [-0.3, -0.25) is 4.68 Å². The fourth-order valence-corrected chi connectivity index (χ4v) is 5.58. The zero-order chi connectivity index (χ0) is 25.6. The number of nitrogens with zero attached hydrogens (tertiary/aromatic N) is 3. The molecule has 0 bridgehead atoms. The Kier molecular flexibility index (Phi) is 6.70. The van der Waals surface area contributed by atoms with Gasteiger partial charge in [-0.2, -0.15) is 13.9 Å². The van der Waals surface area contributed by atoms with Crippen molar-refractivity contribution in [3.63, 3.8) is 0 Å². The van der Waals surface area contributed by atoms with Crippen LogP contribution in [0.5, 0.6) is 5.75 Å². The van der Waals surface area contributed by atoms with Gasteiger partial charge in [0.15, 0.2) is 0 Å². The number of nitrogens with two attached hydrogens (primary N) is 1. The minimum atomic E-state index is -3.06. The molecule has 1 aliphatic carbocycles. The van der Waals surface area contributed by atoms with Crippen LogP contribution in [0, 0.1) is 12.7 Å². The van der Waals surface area contributed by atoms with Crippen LogP contribution in [-0.4, -0.2) is 32.4 Å². The van der Waals surface area contributed by atoms with E-state index < -0.39 is 18.3 Å². The van der Waals surface area contributed by atoms with Gasteiger partial charge in [0.1, 0.15) is 17.2 Å². The second-order valence-corrected chi connectivity index (χ2v) is 9.77. The molecule has 1 aliphatic rings. The number of H-pyrrole nitrogens is 1. The second kappa shape index (κ2) is 9.78. The first-order valence-corrected chi connectivity index (χ1v) is 12.3. The number of ether oxygens (including phenoxy) is 1. The highest BCUT2D eigenvalue weighted by atomic mass is 35.5. The van der Waals surface area contributed by atoms with Gasteiger partial charge in [-0.15, -0.1) is 0 Å². The van der Waals surface area contributed by atoms with Gasteiger partial charge >= 0.3 is 6.61 Å². The Labute approximate surface area is 211 Å². The number of nitrogens with one attached hydrogen (secondary N) is 1. The van der Waals surface area contributed by atoms with Crippen molar-refractivity contribution < 1.29 is 17.9 Å². The van der Waals surface area contributed by atoms with Gasteiger partial charge in [-0.05, 0) is 56.4 Å². The molecule has 10 heteroatoms. The van der Waals surface area contributed by atoms with Crippen molar-refractivity contribution in [2.24, 2.45) is 5.73 Å². The summed E-state index contributed by atoms with van der Waals surface area (Å²) in [5.41, 5.74) is 10.5. The summed E-state index contributed by atoms with van der Waals surface area (Å²) < 4.78 is 47.1. The van der Waals surface area contributed by atoms with Crippen LogP contribution in [0.15, 0.2) is 36.8 Å². The van der Waals surface area contributed by atoms with Gasteiger partial charge < -0.3 is 15.5 Å². The molecule has 1 fully saturated rings. The average molecular weight is 518 g/mol. The smallest absolute Gasteiger partial charge is 0.387 e. The number of halogens is 4. The topological polar surface area (TPSA) is 81.8 Å². The van der Waals surface area contributed by atoms with Crippen LogP contribution in [0.2, 0.25) is 5.02 Å². The van der Waals surface area contributed by atoms with Crippen molar-refractivity contribution in [3.05, 3.63) is 64.5 Å². The van der Waals surface area contributed by atoms with Crippen LogP contribution in [0.25, 0.3) is 22.2 Å². The molecule has 0 aliphatic heterocycles. The van der Waals surface area contributed by atoms with E-state index in [0.717, 1.165) is 59.5 Å². The van der Waals surface area contributed by atoms with Crippen molar-refractivity contribution in [2.75, 3.05) is 0 Å². The van der Waals surface area contributed by atoms with Crippen LogP contribution < -0.4 is 10.5 Å². The number of rotatable bonds is 6. The number of fused-ring (bicyclic) bond motifs is 1. The zero-order valence-electron chi connectivity index (χ0n) is 19.9. The highest BCUT2D eigenvalue weighted by molar-refractivity contribution is 6.31. The number of hydrogen-bond donors (Lipinski definition) is 2. The second-order valence-electron chi connectivity index (χ2n) is 9.39. The largest absolute Gasteiger partial charge is 0.434 e. The predicted molar refractivity (Wildman–Crippen MR) is 133 cm³/mol. The van der Waals surface area contributed by atoms with Crippen molar-refractivity contribution in [3.8, 4) is 16.9 Å². The number of alkyl halides is 2. The lowest BCUT2D eigenvalue weighted by Gasteiger charge is -2.27. The number of benzene rings is 1. The molecule has 1 atom stereocenters. The maximum Gasteiger partial charge on any atom is 0.387 e. The molecule has 3 aromatic heterocycles. The van der Waals surface area contributed by atoms with Crippen LogP contribution in [0.4, 0.5) is 13.2 Å². The van der Waals surface area contributed by atoms with E-state index in [4.69, 9.17) is 17.3 Å². The van der Waals surface area contributed by atoms with E-state index in [1.807, 2.05) is 19.2 Å². The summed E-state index contributed by atoms with van der Waals surface area (Å²) >= 11 is 6.23. The summed E-state index contributed by atoms with van der Waals surface area (Å²) in [5, 5.41) is 5.20. The van der Waals surface area contributed by atoms with Crippen LogP contribution in [-0.2, 0) is 0 Å². The average Bonchev–Trinajstić information content (AvgIpc) is 3.44. The Morgan fingerprint density at radius 2 is 1.94 bits per heavy atom. The molecule has 1 aromatic carbocycles. The van der Waals surface area contributed by atoms with E-state index in [9.17, 15) is 13.2 Å². The zero-order valence-corrected chi connectivity index (χ0v) is 20.7. The number of aromatic nitrogens is 4. The number of pyridine rings is 1. The molecule has 6 nitrogen and oxygen atoms in total. The monoisotopic (exact) mass is 517 g/mol. The normalized spacial score (nSPS) is 19.2. The van der Waals surface area contributed by atoms with E-state index in [-0.39, 0.29) is 22.4 Å². The minimum Gasteiger partial charge on any atom is -0.434 e.